The summed E-state index contributed by atoms with van der Waals surface area (Å²) in [5.41, 5.74) is 0. The summed E-state index contributed by atoms with van der Waals surface area (Å²) in [5, 5.41) is 120. The van der Waals surface area contributed by atoms with Gasteiger partial charge in [-0.2, -0.15) is 0 Å². The smallest absolute Gasteiger partial charge is 0.220 e. The minimum atomic E-state index is -1.97. The molecule has 84 heavy (non-hydrogen) atoms. The molecule has 0 aromatic rings. The van der Waals surface area contributed by atoms with Crippen molar-refractivity contribution in [2.45, 2.75) is 317 Å². The predicted octanol–water partition coefficient (Wildman–Crippen LogP) is 7.21. The first-order valence-corrected chi connectivity index (χ1v) is 32.5. The fourth-order valence-electron chi connectivity index (χ4n) is 10.8. The third-order valence-corrected chi connectivity index (χ3v) is 16.1. The number of rotatable bonds is 48. The summed E-state index contributed by atoms with van der Waals surface area (Å²) >= 11 is 0. The molecule has 3 aliphatic heterocycles. The minimum Gasteiger partial charge on any atom is -0.394 e. The number of carbonyl (C=O) groups is 1. The first-order valence-electron chi connectivity index (χ1n) is 32.5. The van der Waals surface area contributed by atoms with E-state index in [2.05, 4.69) is 79.9 Å². The molecule has 3 saturated heterocycles. The number of hydrogen-bond acceptors (Lipinski definition) is 18. The molecule has 12 N–H and O–H groups in total. The second-order valence-electron chi connectivity index (χ2n) is 23.2. The topological polar surface area (TPSA) is 307 Å². The Bertz CT molecular complexity index is 1770. The number of allylic oxidation sites excluding steroid dienone is 10. The highest BCUT2D eigenvalue weighted by Crippen LogP contribution is 2.33. The summed E-state index contributed by atoms with van der Waals surface area (Å²) in [6.07, 6.45) is 28.8. The van der Waals surface area contributed by atoms with Crippen molar-refractivity contribution in [2.75, 3.05) is 26.4 Å². The quantitative estimate of drug-likeness (QED) is 0.0211. The summed E-state index contributed by atoms with van der Waals surface area (Å²) in [6, 6.07) is -0.890. The van der Waals surface area contributed by atoms with E-state index in [1.54, 1.807) is 0 Å². The SMILES string of the molecule is CC/C=C\C/C=C\C/C=C\C/C=C\C/C=C\CCCCCCCCCCCCCC(=O)NC(COC1OC(CO)C(OC2OC(CO)C(OC3OC(CO)C(O)C(O)C3O)C(O)C2O)C(O)C1O)C(O)CCCCCCCCCCCCCC. The molecule has 0 saturated carbocycles. The molecule has 1 amide bonds. The van der Waals surface area contributed by atoms with Crippen LogP contribution in [0.2, 0.25) is 0 Å². The molecule has 17 atom stereocenters. The number of carbonyl (C=O) groups excluding carboxylic acids is 1. The van der Waals surface area contributed by atoms with Gasteiger partial charge >= 0.3 is 0 Å². The van der Waals surface area contributed by atoms with E-state index in [4.69, 9.17) is 28.4 Å². The molecular formula is C65H115NO18. The highest BCUT2D eigenvalue weighted by molar-refractivity contribution is 5.76. The molecule has 17 unspecified atom stereocenters. The van der Waals surface area contributed by atoms with Crippen LogP contribution < -0.4 is 5.32 Å². The molecule has 19 nitrogen and oxygen atoms in total. The largest absolute Gasteiger partial charge is 0.394 e. The van der Waals surface area contributed by atoms with E-state index in [9.17, 15) is 61.0 Å². The standard InChI is InChI=1S/C65H115NO18/c1-3-5-7-9-11-13-15-17-18-19-20-21-22-23-24-25-26-27-28-29-30-31-33-35-37-39-41-43-53(71)66-48(49(70)42-40-38-36-34-32-16-14-12-10-8-6-4-2)47-79-63-59(77)56(74)61(51(45-68)81-63)84-65-60(78)57(75)62(52(46-69)82-65)83-64-58(76)55(73)54(72)50(44-67)80-64/h5,7,11,13,17-18,20-21,23-24,48-52,54-65,67-70,72-78H,3-4,6,8-10,12,14-16,19,22,25-47H2,1-2H3,(H,66,71)/b7-5-,13-11-,18-17-,21-20-,24-23-. The molecule has 3 heterocycles. The van der Waals surface area contributed by atoms with Gasteiger partial charge in [0.05, 0.1) is 38.6 Å². The molecule has 0 radical (unpaired) electrons. The molecule has 0 aromatic heterocycles. The Labute approximate surface area is 503 Å². The normalized spacial score (nSPS) is 29.6. The Hall–Kier alpha value is -2.51. The lowest BCUT2D eigenvalue weighted by atomic mass is 9.96. The fourth-order valence-corrected chi connectivity index (χ4v) is 10.8. The summed E-state index contributed by atoms with van der Waals surface area (Å²) in [6.45, 7) is 1.66. The molecule has 0 spiro atoms. The van der Waals surface area contributed by atoms with Crippen molar-refractivity contribution in [1.29, 1.82) is 0 Å². The van der Waals surface area contributed by atoms with Crippen LogP contribution in [0.1, 0.15) is 213 Å². The maximum Gasteiger partial charge on any atom is 0.220 e. The van der Waals surface area contributed by atoms with E-state index in [-0.39, 0.29) is 18.9 Å². The monoisotopic (exact) mass is 1200 g/mol. The van der Waals surface area contributed by atoms with Gasteiger partial charge in [0.25, 0.3) is 0 Å². The number of unbranched alkanes of at least 4 members (excludes halogenated alkanes) is 22. The highest BCUT2D eigenvalue weighted by atomic mass is 16.8. The van der Waals surface area contributed by atoms with Crippen molar-refractivity contribution in [3.05, 3.63) is 60.8 Å². The van der Waals surface area contributed by atoms with Crippen molar-refractivity contribution >= 4 is 5.91 Å². The zero-order valence-corrected chi connectivity index (χ0v) is 51.1. The highest BCUT2D eigenvalue weighted by Gasteiger charge is 2.53. The van der Waals surface area contributed by atoms with Gasteiger partial charge in [0.2, 0.25) is 5.91 Å². The van der Waals surface area contributed by atoms with Crippen LogP contribution >= 0.6 is 0 Å². The third-order valence-electron chi connectivity index (χ3n) is 16.1. The Morgan fingerprint density at radius 2 is 0.821 bits per heavy atom. The van der Waals surface area contributed by atoms with Crippen molar-refractivity contribution < 1.29 is 89.4 Å². The third kappa shape index (κ3) is 30.1. The van der Waals surface area contributed by atoms with Gasteiger partial charge in [0, 0.05) is 6.42 Å². The summed E-state index contributed by atoms with van der Waals surface area (Å²) < 4.78 is 34.3. The zero-order chi connectivity index (χ0) is 61.2. The van der Waals surface area contributed by atoms with Gasteiger partial charge in [0.1, 0.15) is 73.2 Å². The molecular weight excluding hydrogens is 1080 g/mol. The fraction of sp³-hybridized carbons (Fsp3) is 0.831. The maximum atomic E-state index is 13.4. The minimum absolute atomic E-state index is 0.249. The van der Waals surface area contributed by atoms with Crippen LogP contribution in [0.3, 0.4) is 0 Å². The predicted molar refractivity (Wildman–Crippen MR) is 323 cm³/mol. The zero-order valence-electron chi connectivity index (χ0n) is 51.1. The van der Waals surface area contributed by atoms with Gasteiger partial charge in [-0.25, -0.2) is 0 Å². The molecule has 3 fully saturated rings. The lowest BCUT2D eigenvalue weighted by Gasteiger charge is -2.48. The Morgan fingerprint density at radius 1 is 0.440 bits per heavy atom. The van der Waals surface area contributed by atoms with E-state index in [1.165, 1.54) is 96.3 Å². The van der Waals surface area contributed by atoms with Gasteiger partial charge in [-0.05, 0) is 57.8 Å². The molecule has 3 aliphatic rings. The number of hydrogen-bond donors (Lipinski definition) is 12. The van der Waals surface area contributed by atoms with E-state index >= 15 is 0 Å². The van der Waals surface area contributed by atoms with Gasteiger partial charge in [0.15, 0.2) is 18.9 Å². The number of aliphatic hydroxyl groups excluding tert-OH is 11. The molecule has 0 aromatic carbocycles. The summed E-state index contributed by atoms with van der Waals surface area (Å²) in [5.74, 6) is -0.249. The molecule has 3 rings (SSSR count). The van der Waals surface area contributed by atoms with Crippen molar-refractivity contribution in [3.8, 4) is 0 Å². The van der Waals surface area contributed by atoms with Crippen LogP contribution in [0.25, 0.3) is 0 Å². The second-order valence-corrected chi connectivity index (χ2v) is 23.2. The van der Waals surface area contributed by atoms with Crippen LogP contribution in [0.5, 0.6) is 0 Å². The lowest BCUT2D eigenvalue weighted by Crippen LogP contribution is -2.66. The van der Waals surface area contributed by atoms with Crippen LogP contribution in [-0.2, 0) is 33.2 Å². The number of ether oxygens (including phenoxy) is 6. The Morgan fingerprint density at radius 3 is 1.29 bits per heavy atom. The van der Waals surface area contributed by atoms with Crippen molar-refractivity contribution in [2.24, 2.45) is 0 Å². The van der Waals surface area contributed by atoms with Gasteiger partial charge in [-0.1, -0.05) is 209 Å². The first kappa shape index (κ1) is 75.7. The van der Waals surface area contributed by atoms with Gasteiger partial charge < -0.3 is 89.9 Å². The molecule has 488 valence electrons. The Kier molecular flexibility index (Phi) is 42.8. The number of aliphatic hydroxyl groups is 11. The van der Waals surface area contributed by atoms with Crippen LogP contribution in [0.4, 0.5) is 0 Å². The lowest BCUT2D eigenvalue weighted by molar-refractivity contribution is -0.379. The first-order chi connectivity index (χ1) is 40.8. The van der Waals surface area contributed by atoms with Crippen LogP contribution in [0, 0.1) is 0 Å². The van der Waals surface area contributed by atoms with Crippen molar-refractivity contribution in [3.63, 3.8) is 0 Å². The molecule has 0 bridgehead atoms. The summed E-state index contributed by atoms with van der Waals surface area (Å²) in [7, 11) is 0. The van der Waals surface area contributed by atoms with Gasteiger partial charge in [-0.15, -0.1) is 0 Å². The average molecular weight is 1200 g/mol. The van der Waals surface area contributed by atoms with E-state index in [0.717, 1.165) is 83.5 Å². The maximum absolute atomic E-state index is 13.4. The van der Waals surface area contributed by atoms with E-state index in [1.807, 2.05) is 0 Å². The van der Waals surface area contributed by atoms with E-state index in [0.29, 0.717) is 12.8 Å². The number of nitrogens with one attached hydrogen (secondary N) is 1. The molecule has 0 aliphatic carbocycles. The Balaban J connectivity index is 1.41. The van der Waals surface area contributed by atoms with Crippen LogP contribution in [-0.4, -0.2) is 193 Å². The summed E-state index contributed by atoms with van der Waals surface area (Å²) in [4.78, 5) is 13.4. The molecule has 19 heteroatoms. The second kappa shape index (κ2) is 47.5. The van der Waals surface area contributed by atoms with E-state index < -0.39 is 124 Å². The van der Waals surface area contributed by atoms with Crippen LogP contribution in [0.15, 0.2) is 60.8 Å². The number of amides is 1. The van der Waals surface area contributed by atoms with Gasteiger partial charge in [-0.3, -0.25) is 4.79 Å². The van der Waals surface area contributed by atoms with Crippen molar-refractivity contribution in [1.82, 2.24) is 5.32 Å². The average Bonchev–Trinajstić information content (AvgIpc) is 2.98.